The van der Waals surface area contributed by atoms with Crippen molar-refractivity contribution in [2.24, 2.45) is 5.10 Å². The molecule has 0 saturated carbocycles. The molecule has 1 aromatic rings. The number of likely N-dealkylation sites (N-methyl/N-ethyl adjacent to an activating group) is 1. The molecule has 0 aromatic heterocycles. The molecule has 1 aromatic carbocycles. The van der Waals surface area contributed by atoms with Gasteiger partial charge in [-0.3, -0.25) is 4.79 Å². The van der Waals surface area contributed by atoms with Crippen LogP contribution in [0.15, 0.2) is 82.2 Å². The minimum atomic E-state index is -0.0799. The van der Waals surface area contributed by atoms with Crippen molar-refractivity contribution in [3.05, 3.63) is 77.1 Å². The second-order valence-corrected chi connectivity index (χ2v) is 6.57. The van der Waals surface area contributed by atoms with Crippen LogP contribution in [-0.2, 0) is 4.79 Å². The lowest BCUT2D eigenvalue weighted by atomic mass is 10.0. The number of hydrogen-bond acceptors (Lipinski definition) is 3. The minimum absolute atomic E-state index is 0.0799. The van der Waals surface area contributed by atoms with E-state index in [0.717, 1.165) is 29.9 Å². The summed E-state index contributed by atoms with van der Waals surface area (Å²) in [6.07, 6.45) is 9.33. The average molecular weight is 347 g/mol. The number of allylic oxidation sites excluding steroid dienone is 6. The third kappa shape index (κ3) is 3.54. The Balaban J connectivity index is 1.87. The summed E-state index contributed by atoms with van der Waals surface area (Å²) < 4.78 is 0. The Morgan fingerprint density at radius 2 is 1.92 bits per heavy atom. The van der Waals surface area contributed by atoms with Gasteiger partial charge in [0.2, 0.25) is 0 Å². The molecule has 0 N–H and O–H groups in total. The summed E-state index contributed by atoms with van der Waals surface area (Å²) in [7, 11) is 2.10. The number of carbonyl (C=O) groups is 1. The SMILES string of the molecule is CCN(C)C1=CCC=C(/C=C2\C(=O)N(c3ccccc3)N=C2C)C=C1C. The lowest BCUT2D eigenvalue weighted by molar-refractivity contribution is -0.114. The zero-order chi connectivity index (χ0) is 18.7. The zero-order valence-corrected chi connectivity index (χ0v) is 15.9. The summed E-state index contributed by atoms with van der Waals surface area (Å²) in [5.41, 5.74) is 5.67. The first-order chi connectivity index (χ1) is 12.5. The Bertz CT molecular complexity index is 857. The second kappa shape index (κ2) is 7.56. The number of carbonyl (C=O) groups excluding carboxylic acids is 1. The van der Waals surface area contributed by atoms with E-state index in [1.165, 1.54) is 16.3 Å². The van der Waals surface area contributed by atoms with Gasteiger partial charge in [-0.15, -0.1) is 0 Å². The molecule has 134 valence electrons. The van der Waals surface area contributed by atoms with E-state index in [2.05, 4.69) is 49.1 Å². The van der Waals surface area contributed by atoms with Crippen LogP contribution in [0.2, 0.25) is 0 Å². The zero-order valence-electron chi connectivity index (χ0n) is 15.9. The Morgan fingerprint density at radius 3 is 2.62 bits per heavy atom. The van der Waals surface area contributed by atoms with Gasteiger partial charge in [-0.05, 0) is 56.5 Å². The van der Waals surface area contributed by atoms with Crippen LogP contribution in [0.3, 0.4) is 0 Å². The molecule has 0 spiro atoms. The molecule has 4 nitrogen and oxygen atoms in total. The predicted molar refractivity (Wildman–Crippen MR) is 108 cm³/mol. The van der Waals surface area contributed by atoms with Crippen LogP contribution in [0.25, 0.3) is 0 Å². The highest BCUT2D eigenvalue weighted by molar-refractivity contribution is 6.30. The topological polar surface area (TPSA) is 35.9 Å². The van der Waals surface area contributed by atoms with Crippen molar-refractivity contribution in [3.8, 4) is 0 Å². The summed E-state index contributed by atoms with van der Waals surface area (Å²) >= 11 is 0. The van der Waals surface area contributed by atoms with E-state index < -0.39 is 0 Å². The van der Waals surface area contributed by atoms with E-state index in [4.69, 9.17) is 0 Å². The summed E-state index contributed by atoms with van der Waals surface area (Å²) in [6, 6.07) is 9.53. The first-order valence-corrected chi connectivity index (χ1v) is 8.98. The Hall–Kier alpha value is -2.88. The molecule has 0 fully saturated rings. The molecule has 3 rings (SSSR count). The number of hydrazone groups is 1. The number of amides is 1. The Morgan fingerprint density at radius 1 is 1.19 bits per heavy atom. The summed E-state index contributed by atoms with van der Waals surface area (Å²) in [5.74, 6) is -0.0799. The fourth-order valence-electron chi connectivity index (χ4n) is 3.17. The van der Waals surface area contributed by atoms with E-state index >= 15 is 0 Å². The highest BCUT2D eigenvalue weighted by atomic mass is 16.2. The first-order valence-electron chi connectivity index (χ1n) is 8.98. The number of nitrogens with zero attached hydrogens (tertiary/aromatic N) is 3. The lowest BCUT2D eigenvalue weighted by Crippen LogP contribution is -2.21. The molecule has 1 heterocycles. The van der Waals surface area contributed by atoms with Crippen molar-refractivity contribution < 1.29 is 4.79 Å². The highest BCUT2D eigenvalue weighted by Gasteiger charge is 2.28. The highest BCUT2D eigenvalue weighted by Crippen LogP contribution is 2.26. The van der Waals surface area contributed by atoms with Crippen LogP contribution < -0.4 is 5.01 Å². The molecule has 0 saturated heterocycles. The Labute approximate surface area is 155 Å². The molecular weight excluding hydrogens is 322 g/mol. The molecule has 4 heteroatoms. The summed E-state index contributed by atoms with van der Waals surface area (Å²) in [4.78, 5) is 15.1. The van der Waals surface area contributed by atoms with Crippen LogP contribution >= 0.6 is 0 Å². The van der Waals surface area contributed by atoms with Crippen molar-refractivity contribution in [1.29, 1.82) is 0 Å². The van der Waals surface area contributed by atoms with Gasteiger partial charge in [-0.2, -0.15) is 10.1 Å². The van der Waals surface area contributed by atoms with Crippen LogP contribution in [0.4, 0.5) is 5.69 Å². The standard InChI is InChI=1S/C22H25N3O/c1-5-24(4)21-13-9-10-18(14-16(21)2)15-20-17(3)23-25(22(20)26)19-11-7-6-8-12-19/h6-8,10-15H,5,9H2,1-4H3/b20-15-. The average Bonchev–Trinajstić information content (AvgIpc) is 2.81. The van der Waals surface area contributed by atoms with E-state index in [9.17, 15) is 4.79 Å². The molecule has 0 bridgehead atoms. The maximum absolute atomic E-state index is 12.9. The van der Waals surface area contributed by atoms with E-state index in [1.807, 2.05) is 43.3 Å². The molecule has 2 aliphatic rings. The molecule has 1 aliphatic carbocycles. The van der Waals surface area contributed by atoms with Gasteiger partial charge in [0, 0.05) is 19.3 Å². The maximum Gasteiger partial charge on any atom is 0.280 e. The molecule has 0 radical (unpaired) electrons. The number of para-hydroxylation sites is 1. The predicted octanol–water partition coefficient (Wildman–Crippen LogP) is 4.45. The number of hydrogen-bond donors (Lipinski definition) is 0. The first kappa shape index (κ1) is 17.9. The van der Waals surface area contributed by atoms with Crippen LogP contribution in [-0.4, -0.2) is 30.1 Å². The number of rotatable bonds is 4. The maximum atomic E-state index is 12.9. The molecule has 0 unspecified atom stereocenters. The normalized spacial score (nSPS) is 19.0. The number of benzene rings is 1. The van der Waals surface area contributed by atoms with Gasteiger partial charge in [0.1, 0.15) is 0 Å². The number of anilines is 1. The third-order valence-electron chi connectivity index (χ3n) is 4.71. The van der Waals surface area contributed by atoms with Gasteiger partial charge in [-0.1, -0.05) is 36.4 Å². The lowest BCUT2D eigenvalue weighted by Gasteiger charge is -2.21. The molecule has 26 heavy (non-hydrogen) atoms. The monoisotopic (exact) mass is 347 g/mol. The fraction of sp³-hybridized carbons (Fsp3) is 0.273. The smallest absolute Gasteiger partial charge is 0.280 e. The van der Waals surface area contributed by atoms with Gasteiger partial charge in [-0.25, -0.2) is 0 Å². The van der Waals surface area contributed by atoms with Crippen molar-refractivity contribution in [1.82, 2.24) is 4.90 Å². The van der Waals surface area contributed by atoms with Crippen LogP contribution in [0.5, 0.6) is 0 Å². The van der Waals surface area contributed by atoms with Gasteiger partial charge >= 0.3 is 0 Å². The molecule has 0 atom stereocenters. The Kier molecular flexibility index (Phi) is 5.21. The van der Waals surface area contributed by atoms with Crippen molar-refractivity contribution >= 4 is 17.3 Å². The fourth-order valence-corrected chi connectivity index (χ4v) is 3.17. The quantitative estimate of drug-likeness (QED) is 0.755. The van der Waals surface area contributed by atoms with E-state index in [-0.39, 0.29) is 5.91 Å². The van der Waals surface area contributed by atoms with E-state index in [1.54, 1.807) is 0 Å². The van der Waals surface area contributed by atoms with Crippen LogP contribution in [0.1, 0.15) is 27.2 Å². The van der Waals surface area contributed by atoms with E-state index in [0.29, 0.717) is 5.57 Å². The van der Waals surface area contributed by atoms with Crippen molar-refractivity contribution in [2.45, 2.75) is 27.2 Å². The van der Waals surface area contributed by atoms with Crippen LogP contribution in [0, 0.1) is 0 Å². The molecule has 1 amide bonds. The van der Waals surface area contributed by atoms with Gasteiger partial charge < -0.3 is 4.90 Å². The minimum Gasteiger partial charge on any atom is -0.375 e. The van der Waals surface area contributed by atoms with Crippen molar-refractivity contribution in [2.75, 3.05) is 18.6 Å². The summed E-state index contributed by atoms with van der Waals surface area (Å²) in [6.45, 7) is 7.10. The van der Waals surface area contributed by atoms with Crippen molar-refractivity contribution in [3.63, 3.8) is 0 Å². The third-order valence-corrected chi connectivity index (χ3v) is 4.71. The molecule has 1 aliphatic heterocycles. The van der Waals surface area contributed by atoms with Gasteiger partial charge in [0.05, 0.1) is 17.0 Å². The second-order valence-electron chi connectivity index (χ2n) is 6.57. The van der Waals surface area contributed by atoms with Gasteiger partial charge in [0.25, 0.3) is 5.91 Å². The largest absolute Gasteiger partial charge is 0.375 e. The van der Waals surface area contributed by atoms with Gasteiger partial charge in [0.15, 0.2) is 0 Å². The summed E-state index contributed by atoms with van der Waals surface area (Å²) in [5, 5.41) is 5.92. The molecular formula is C22H25N3O.